The average Bonchev–Trinajstić information content (AvgIpc) is 2.76. The third-order valence-electron chi connectivity index (χ3n) is 3.34. The molecule has 0 aromatic heterocycles. The van der Waals surface area contributed by atoms with Crippen LogP contribution >= 0.6 is 0 Å². The molecule has 17 heavy (non-hydrogen) atoms. The number of carbonyl (C=O) groups is 1. The van der Waals surface area contributed by atoms with Gasteiger partial charge in [-0.3, -0.25) is 4.79 Å². The lowest BCUT2D eigenvalue weighted by atomic mass is 10.0. The molecule has 1 unspecified atom stereocenters. The Morgan fingerprint density at radius 1 is 1.29 bits per heavy atom. The molecule has 1 N–H and O–H groups in total. The van der Waals surface area contributed by atoms with Crippen LogP contribution < -0.4 is 5.32 Å². The predicted molar refractivity (Wildman–Crippen MR) is 71.0 cm³/mol. The molecule has 1 aliphatic heterocycles. The zero-order chi connectivity index (χ0) is 12.8. The van der Waals surface area contributed by atoms with Crippen LogP contribution in [0.15, 0.2) is 0 Å². The fourth-order valence-corrected chi connectivity index (χ4v) is 2.20. The number of likely N-dealkylation sites (N-methyl/N-ethyl adjacent to an activating group) is 1. The Kier molecular flexibility index (Phi) is 5.92. The summed E-state index contributed by atoms with van der Waals surface area (Å²) in [5.41, 5.74) is 0. The van der Waals surface area contributed by atoms with E-state index in [1.54, 1.807) is 0 Å². The Balaban J connectivity index is 2.32. The molecule has 4 nitrogen and oxygen atoms in total. The van der Waals surface area contributed by atoms with Crippen molar-refractivity contribution in [3.05, 3.63) is 0 Å². The van der Waals surface area contributed by atoms with Crippen molar-refractivity contribution in [3.8, 4) is 0 Å². The number of nitrogens with zero attached hydrogens (tertiary/aromatic N) is 2. The van der Waals surface area contributed by atoms with Gasteiger partial charge in [-0.15, -0.1) is 0 Å². The van der Waals surface area contributed by atoms with Crippen LogP contribution in [0, 0.1) is 5.92 Å². The van der Waals surface area contributed by atoms with Gasteiger partial charge in [-0.2, -0.15) is 0 Å². The zero-order valence-electron chi connectivity index (χ0n) is 11.7. The van der Waals surface area contributed by atoms with Crippen LogP contribution in [0.4, 0.5) is 0 Å². The largest absolute Gasteiger partial charge is 0.342 e. The molecule has 4 heteroatoms. The summed E-state index contributed by atoms with van der Waals surface area (Å²) in [5.74, 6) is 0.802. The molecular formula is C13H27N3O. The molecule has 1 heterocycles. The summed E-state index contributed by atoms with van der Waals surface area (Å²) < 4.78 is 0. The highest BCUT2D eigenvalue weighted by atomic mass is 16.2. The maximum Gasteiger partial charge on any atom is 0.236 e. The zero-order valence-corrected chi connectivity index (χ0v) is 11.7. The quantitative estimate of drug-likeness (QED) is 0.746. The van der Waals surface area contributed by atoms with E-state index in [2.05, 4.69) is 38.2 Å². The highest BCUT2D eigenvalue weighted by molar-refractivity contribution is 5.78. The second-order valence-corrected chi connectivity index (χ2v) is 5.58. The number of carbonyl (C=O) groups excluding carboxylic acids is 1. The first-order valence-corrected chi connectivity index (χ1v) is 6.66. The molecule has 0 aromatic rings. The van der Waals surface area contributed by atoms with E-state index in [1.165, 1.54) is 0 Å². The van der Waals surface area contributed by atoms with Gasteiger partial charge in [0.1, 0.15) is 0 Å². The van der Waals surface area contributed by atoms with E-state index >= 15 is 0 Å². The van der Waals surface area contributed by atoms with E-state index in [0.29, 0.717) is 18.5 Å². The summed E-state index contributed by atoms with van der Waals surface area (Å²) in [7, 11) is 4.14. The summed E-state index contributed by atoms with van der Waals surface area (Å²) in [5, 5.41) is 3.39. The first kappa shape index (κ1) is 14.5. The number of rotatable bonds is 6. The van der Waals surface area contributed by atoms with Crippen molar-refractivity contribution >= 4 is 5.91 Å². The third kappa shape index (κ3) is 5.04. The van der Waals surface area contributed by atoms with E-state index in [9.17, 15) is 4.79 Å². The van der Waals surface area contributed by atoms with Gasteiger partial charge in [-0.05, 0) is 32.9 Å². The smallest absolute Gasteiger partial charge is 0.236 e. The highest BCUT2D eigenvalue weighted by Crippen LogP contribution is 2.07. The molecule has 0 aliphatic carbocycles. The van der Waals surface area contributed by atoms with Gasteiger partial charge in [-0.25, -0.2) is 0 Å². The molecule has 100 valence electrons. The fraction of sp³-hybridized carbons (Fsp3) is 0.923. The van der Waals surface area contributed by atoms with Crippen LogP contribution in [-0.2, 0) is 4.79 Å². The SMILES string of the molecule is CC(C)C(CN(C)C)NCC(=O)N1CCCC1. The van der Waals surface area contributed by atoms with Gasteiger partial charge in [0.25, 0.3) is 0 Å². The van der Waals surface area contributed by atoms with Crippen molar-refractivity contribution in [2.24, 2.45) is 5.92 Å². The first-order chi connectivity index (χ1) is 8.00. The summed E-state index contributed by atoms with van der Waals surface area (Å²) >= 11 is 0. The van der Waals surface area contributed by atoms with E-state index in [0.717, 1.165) is 32.5 Å². The number of hydrogen-bond acceptors (Lipinski definition) is 3. The van der Waals surface area contributed by atoms with Crippen LogP contribution in [0.5, 0.6) is 0 Å². The van der Waals surface area contributed by atoms with Crippen LogP contribution in [0.25, 0.3) is 0 Å². The Morgan fingerprint density at radius 3 is 2.35 bits per heavy atom. The topological polar surface area (TPSA) is 35.6 Å². The van der Waals surface area contributed by atoms with E-state index < -0.39 is 0 Å². The van der Waals surface area contributed by atoms with Crippen molar-refractivity contribution in [3.63, 3.8) is 0 Å². The first-order valence-electron chi connectivity index (χ1n) is 6.66. The Hall–Kier alpha value is -0.610. The van der Waals surface area contributed by atoms with Gasteiger partial charge in [0, 0.05) is 25.7 Å². The molecule has 1 saturated heterocycles. The summed E-state index contributed by atoms with van der Waals surface area (Å²) in [6.07, 6.45) is 2.33. The molecule has 0 aromatic carbocycles. The Morgan fingerprint density at radius 2 is 1.88 bits per heavy atom. The molecule has 1 fully saturated rings. The van der Waals surface area contributed by atoms with Crippen LogP contribution in [0.2, 0.25) is 0 Å². The minimum absolute atomic E-state index is 0.256. The van der Waals surface area contributed by atoms with Gasteiger partial charge < -0.3 is 15.1 Å². The van der Waals surface area contributed by atoms with Crippen LogP contribution in [0.3, 0.4) is 0 Å². The summed E-state index contributed by atoms with van der Waals surface area (Å²) in [4.78, 5) is 16.0. The van der Waals surface area contributed by atoms with E-state index in [-0.39, 0.29) is 5.91 Å². The van der Waals surface area contributed by atoms with Crippen LogP contribution in [-0.4, -0.2) is 62.0 Å². The highest BCUT2D eigenvalue weighted by Gasteiger charge is 2.20. The lowest BCUT2D eigenvalue weighted by Crippen LogP contribution is -2.46. The lowest BCUT2D eigenvalue weighted by Gasteiger charge is -2.26. The van der Waals surface area contributed by atoms with Gasteiger partial charge >= 0.3 is 0 Å². The fourth-order valence-electron chi connectivity index (χ4n) is 2.20. The monoisotopic (exact) mass is 241 g/mol. The van der Waals surface area contributed by atoms with Crippen molar-refractivity contribution < 1.29 is 4.79 Å². The minimum Gasteiger partial charge on any atom is -0.342 e. The van der Waals surface area contributed by atoms with E-state index in [1.807, 2.05) is 4.90 Å². The molecule has 1 atom stereocenters. The normalized spacial score (nSPS) is 18.1. The summed E-state index contributed by atoms with van der Waals surface area (Å²) in [6.45, 7) is 7.74. The van der Waals surface area contributed by atoms with E-state index in [4.69, 9.17) is 0 Å². The van der Waals surface area contributed by atoms with Gasteiger partial charge in [0.2, 0.25) is 5.91 Å². The second kappa shape index (κ2) is 6.97. The van der Waals surface area contributed by atoms with Gasteiger partial charge in [0.15, 0.2) is 0 Å². The maximum atomic E-state index is 11.9. The molecule has 0 saturated carbocycles. The van der Waals surface area contributed by atoms with Crippen molar-refractivity contribution in [2.45, 2.75) is 32.7 Å². The molecule has 0 radical (unpaired) electrons. The Labute approximate surface area is 105 Å². The minimum atomic E-state index is 0.256. The molecule has 0 spiro atoms. The molecule has 0 bridgehead atoms. The third-order valence-corrected chi connectivity index (χ3v) is 3.34. The molecule has 1 aliphatic rings. The number of nitrogens with one attached hydrogen (secondary N) is 1. The Bertz CT molecular complexity index is 235. The van der Waals surface area contributed by atoms with Crippen LogP contribution in [0.1, 0.15) is 26.7 Å². The van der Waals surface area contributed by atoms with Crippen molar-refractivity contribution in [1.82, 2.24) is 15.1 Å². The molecule has 1 amide bonds. The van der Waals surface area contributed by atoms with Crippen molar-refractivity contribution in [1.29, 1.82) is 0 Å². The number of hydrogen-bond donors (Lipinski definition) is 1. The predicted octanol–water partition coefficient (Wildman–Crippen LogP) is 0.785. The van der Waals surface area contributed by atoms with Crippen molar-refractivity contribution in [2.75, 3.05) is 40.3 Å². The summed E-state index contributed by atoms with van der Waals surface area (Å²) in [6, 6.07) is 0.386. The number of amides is 1. The standard InChI is InChI=1S/C13H27N3O/c1-11(2)12(10-15(3)4)14-9-13(17)16-7-5-6-8-16/h11-12,14H,5-10H2,1-4H3. The molecule has 1 rings (SSSR count). The lowest BCUT2D eigenvalue weighted by molar-refractivity contribution is -0.129. The second-order valence-electron chi connectivity index (χ2n) is 5.58. The maximum absolute atomic E-state index is 11.9. The van der Waals surface area contributed by atoms with Gasteiger partial charge in [-0.1, -0.05) is 13.8 Å². The van der Waals surface area contributed by atoms with Gasteiger partial charge in [0.05, 0.1) is 6.54 Å². The molecular weight excluding hydrogens is 214 g/mol. The average molecular weight is 241 g/mol. The number of likely N-dealkylation sites (tertiary alicyclic amines) is 1.